The molecule has 104 valence electrons. The van der Waals surface area contributed by atoms with E-state index in [9.17, 15) is 4.79 Å². The zero-order chi connectivity index (χ0) is 14.3. The van der Waals surface area contributed by atoms with Crippen molar-refractivity contribution in [2.75, 3.05) is 26.7 Å². The van der Waals surface area contributed by atoms with E-state index in [2.05, 4.69) is 20.8 Å². The summed E-state index contributed by atoms with van der Waals surface area (Å²) in [6.45, 7) is 9.44. The van der Waals surface area contributed by atoms with Gasteiger partial charge in [-0.3, -0.25) is 9.28 Å². The molecule has 0 N–H and O–H groups in total. The summed E-state index contributed by atoms with van der Waals surface area (Å²) in [4.78, 5) is 12.1. The minimum Gasteiger partial charge on any atom is -0.497 e. The molecule has 0 fully saturated rings. The Kier molecular flexibility index (Phi) is 5.77. The second kappa shape index (κ2) is 7.10. The molecule has 1 aromatic rings. The van der Waals surface area contributed by atoms with Crippen LogP contribution in [0.5, 0.6) is 5.75 Å². The van der Waals surface area contributed by atoms with Crippen LogP contribution in [0.2, 0.25) is 0 Å². The Labute approximate surface area is 116 Å². The molecule has 0 unspecified atom stereocenters. The lowest BCUT2D eigenvalue weighted by atomic mass is 10.1. The SMILES string of the molecule is CC[N+](/C=C/C(=O)c1ccc(OC)cc1)(CC)CC. The highest BCUT2D eigenvalue weighted by Crippen LogP contribution is 2.13. The van der Waals surface area contributed by atoms with Crippen LogP contribution in [0.1, 0.15) is 31.1 Å². The van der Waals surface area contributed by atoms with Gasteiger partial charge in [0.05, 0.1) is 32.9 Å². The van der Waals surface area contributed by atoms with Gasteiger partial charge in [0.25, 0.3) is 0 Å². The van der Waals surface area contributed by atoms with Crippen molar-refractivity contribution in [1.82, 2.24) is 0 Å². The number of rotatable bonds is 7. The topological polar surface area (TPSA) is 26.3 Å². The molecule has 0 radical (unpaired) electrons. The van der Waals surface area contributed by atoms with E-state index >= 15 is 0 Å². The first kappa shape index (κ1) is 15.4. The van der Waals surface area contributed by atoms with Gasteiger partial charge < -0.3 is 4.74 Å². The van der Waals surface area contributed by atoms with E-state index in [-0.39, 0.29) is 5.78 Å². The molecule has 0 amide bonds. The first-order valence-electron chi connectivity index (χ1n) is 6.84. The molecule has 3 nitrogen and oxygen atoms in total. The summed E-state index contributed by atoms with van der Waals surface area (Å²) in [5.74, 6) is 0.807. The maximum absolute atomic E-state index is 12.1. The Bertz CT molecular complexity index is 422. The normalized spacial score (nSPS) is 11.8. The van der Waals surface area contributed by atoms with E-state index in [0.717, 1.165) is 29.9 Å². The predicted octanol–water partition coefficient (Wildman–Crippen LogP) is 3.27. The smallest absolute Gasteiger partial charge is 0.191 e. The standard InChI is InChI=1S/C16H24NO2/c1-5-17(6-2,7-3)13-12-16(18)14-8-10-15(19-4)11-9-14/h8-13H,5-7H2,1-4H3/q+1/b13-12+. The number of hydrogen-bond donors (Lipinski definition) is 0. The lowest BCUT2D eigenvalue weighted by Crippen LogP contribution is -2.42. The number of benzene rings is 1. The third-order valence-corrected chi connectivity index (χ3v) is 3.81. The molecule has 0 bridgehead atoms. The molecule has 0 aliphatic heterocycles. The number of carbonyl (C=O) groups excluding carboxylic acids is 1. The summed E-state index contributed by atoms with van der Waals surface area (Å²) < 4.78 is 5.92. The fraction of sp³-hybridized carbons (Fsp3) is 0.438. The van der Waals surface area contributed by atoms with Crippen LogP contribution >= 0.6 is 0 Å². The quantitative estimate of drug-likeness (QED) is 0.428. The number of ether oxygens (including phenoxy) is 1. The van der Waals surface area contributed by atoms with E-state index in [1.54, 1.807) is 25.3 Å². The van der Waals surface area contributed by atoms with Crippen LogP contribution in [0.3, 0.4) is 0 Å². The molecular weight excluding hydrogens is 238 g/mol. The van der Waals surface area contributed by atoms with Gasteiger partial charge in [0.2, 0.25) is 0 Å². The van der Waals surface area contributed by atoms with Crippen molar-refractivity contribution >= 4 is 5.78 Å². The molecule has 0 atom stereocenters. The first-order chi connectivity index (χ1) is 9.10. The molecule has 0 spiro atoms. The average molecular weight is 262 g/mol. The molecule has 1 aromatic carbocycles. The van der Waals surface area contributed by atoms with Crippen LogP contribution in [-0.4, -0.2) is 37.0 Å². The minimum atomic E-state index is 0.0421. The van der Waals surface area contributed by atoms with Crippen molar-refractivity contribution in [2.45, 2.75) is 20.8 Å². The van der Waals surface area contributed by atoms with Gasteiger partial charge in [0.1, 0.15) is 5.75 Å². The van der Waals surface area contributed by atoms with Crippen LogP contribution < -0.4 is 4.74 Å². The van der Waals surface area contributed by atoms with Crippen LogP contribution in [0.15, 0.2) is 36.5 Å². The van der Waals surface area contributed by atoms with Gasteiger partial charge in [0.15, 0.2) is 5.78 Å². The van der Waals surface area contributed by atoms with E-state index in [0.29, 0.717) is 5.56 Å². The highest BCUT2D eigenvalue weighted by atomic mass is 16.5. The summed E-state index contributed by atoms with van der Waals surface area (Å²) >= 11 is 0. The summed E-state index contributed by atoms with van der Waals surface area (Å²) in [5.41, 5.74) is 0.693. The molecule has 0 aromatic heterocycles. The van der Waals surface area contributed by atoms with Gasteiger partial charge in [-0.2, -0.15) is 0 Å². The number of quaternary nitrogens is 1. The third kappa shape index (κ3) is 3.93. The van der Waals surface area contributed by atoms with E-state index in [1.807, 2.05) is 18.3 Å². The number of ketones is 1. The Morgan fingerprint density at radius 3 is 2.05 bits per heavy atom. The second-order valence-corrected chi connectivity index (χ2v) is 4.58. The lowest BCUT2D eigenvalue weighted by Gasteiger charge is -2.31. The molecule has 0 saturated carbocycles. The summed E-state index contributed by atoms with van der Waals surface area (Å²) in [5, 5.41) is 0. The van der Waals surface area contributed by atoms with Gasteiger partial charge in [-0.25, -0.2) is 0 Å². The molecule has 19 heavy (non-hydrogen) atoms. The monoisotopic (exact) mass is 262 g/mol. The average Bonchev–Trinajstić information content (AvgIpc) is 2.49. The van der Waals surface area contributed by atoms with Crippen LogP contribution in [0, 0.1) is 0 Å². The fourth-order valence-corrected chi connectivity index (χ4v) is 2.06. The number of carbonyl (C=O) groups is 1. The van der Waals surface area contributed by atoms with Gasteiger partial charge in [-0.05, 0) is 45.0 Å². The molecular formula is C16H24NO2+. The zero-order valence-corrected chi connectivity index (χ0v) is 12.3. The Hall–Kier alpha value is -1.61. The largest absolute Gasteiger partial charge is 0.497 e. The van der Waals surface area contributed by atoms with Gasteiger partial charge in [-0.15, -0.1) is 0 Å². The van der Waals surface area contributed by atoms with Crippen molar-refractivity contribution in [2.24, 2.45) is 0 Å². The van der Waals surface area contributed by atoms with Gasteiger partial charge >= 0.3 is 0 Å². The highest BCUT2D eigenvalue weighted by Gasteiger charge is 2.17. The molecule has 0 saturated heterocycles. The Balaban J connectivity index is 2.83. The molecule has 0 aliphatic carbocycles. The fourth-order valence-electron chi connectivity index (χ4n) is 2.06. The van der Waals surface area contributed by atoms with Crippen LogP contribution in [0.25, 0.3) is 0 Å². The molecule has 3 heteroatoms. The highest BCUT2D eigenvalue weighted by molar-refractivity contribution is 6.04. The first-order valence-corrected chi connectivity index (χ1v) is 6.84. The minimum absolute atomic E-state index is 0.0421. The van der Waals surface area contributed by atoms with E-state index < -0.39 is 0 Å². The van der Waals surface area contributed by atoms with Gasteiger partial charge in [0, 0.05) is 11.6 Å². The van der Waals surface area contributed by atoms with E-state index in [1.165, 1.54) is 0 Å². The molecule has 0 aliphatic rings. The maximum Gasteiger partial charge on any atom is 0.191 e. The maximum atomic E-state index is 12.1. The number of methoxy groups -OCH3 is 1. The van der Waals surface area contributed by atoms with Crippen LogP contribution in [0.4, 0.5) is 0 Å². The van der Waals surface area contributed by atoms with Gasteiger partial charge in [-0.1, -0.05) is 0 Å². The summed E-state index contributed by atoms with van der Waals surface area (Å²) in [6.07, 6.45) is 3.71. The van der Waals surface area contributed by atoms with Crippen molar-refractivity contribution < 1.29 is 14.0 Å². The number of nitrogens with zero attached hydrogens (tertiary/aromatic N) is 1. The Morgan fingerprint density at radius 1 is 1.11 bits per heavy atom. The Morgan fingerprint density at radius 2 is 1.63 bits per heavy atom. The molecule has 0 heterocycles. The predicted molar refractivity (Wildman–Crippen MR) is 78.3 cm³/mol. The van der Waals surface area contributed by atoms with Crippen molar-refractivity contribution in [3.05, 3.63) is 42.1 Å². The molecule has 1 rings (SSSR count). The van der Waals surface area contributed by atoms with E-state index in [4.69, 9.17) is 4.74 Å². The van der Waals surface area contributed by atoms with Crippen molar-refractivity contribution in [1.29, 1.82) is 0 Å². The third-order valence-electron chi connectivity index (χ3n) is 3.81. The zero-order valence-electron chi connectivity index (χ0n) is 12.3. The van der Waals surface area contributed by atoms with Crippen molar-refractivity contribution in [3.63, 3.8) is 0 Å². The second-order valence-electron chi connectivity index (χ2n) is 4.58. The number of allylic oxidation sites excluding steroid dienone is 1. The summed E-state index contributed by atoms with van der Waals surface area (Å²) in [7, 11) is 1.62. The number of hydrogen-bond acceptors (Lipinski definition) is 2. The lowest BCUT2D eigenvalue weighted by molar-refractivity contribution is -0.874. The van der Waals surface area contributed by atoms with Crippen molar-refractivity contribution in [3.8, 4) is 5.75 Å². The summed E-state index contributed by atoms with van der Waals surface area (Å²) in [6, 6.07) is 7.21. The van der Waals surface area contributed by atoms with Crippen LogP contribution in [-0.2, 0) is 0 Å².